The van der Waals surface area contributed by atoms with Crippen LogP contribution in [0.4, 0.5) is 0 Å². The van der Waals surface area contributed by atoms with E-state index in [1.165, 1.54) is 38.6 Å². The lowest BCUT2D eigenvalue weighted by atomic mass is 9.76. The average molecular weight is 225 g/mol. The molecule has 1 heterocycles. The Hall–Kier alpha value is -0.0400. The highest BCUT2D eigenvalue weighted by atomic mass is 14.9. The largest absolute Gasteiger partial charge is 0.313 e. The van der Waals surface area contributed by atoms with Gasteiger partial charge in [0, 0.05) is 6.04 Å². The molecule has 3 unspecified atom stereocenters. The van der Waals surface area contributed by atoms with E-state index in [1.54, 1.807) is 0 Å². The summed E-state index contributed by atoms with van der Waals surface area (Å²) in [5.74, 6) is 1.71. The van der Waals surface area contributed by atoms with Crippen molar-refractivity contribution in [2.45, 2.75) is 72.8 Å². The van der Waals surface area contributed by atoms with Gasteiger partial charge in [-0.3, -0.25) is 0 Å². The van der Waals surface area contributed by atoms with Crippen LogP contribution in [0.25, 0.3) is 0 Å². The van der Waals surface area contributed by atoms with Crippen molar-refractivity contribution in [3.63, 3.8) is 0 Å². The molecule has 0 aromatic rings. The maximum absolute atomic E-state index is 3.82. The fourth-order valence-electron chi connectivity index (χ4n) is 3.52. The minimum atomic E-state index is 0.533. The van der Waals surface area contributed by atoms with Crippen LogP contribution in [-0.4, -0.2) is 12.6 Å². The molecule has 16 heavy (non-hydrogen) atoms. The molecule has 3 atom stereocenters. The molecular weight excluding hydrogens is 194 g/mol. The Morgan fingerprint density at radius 1 is 1.31 bits per heavy atom. The van der Waals surface area contributed by atoms with Gasteiger partial charge < -0.3 is 5.32 Å². The molecule has 0 aromatic carbocycles. The predicted octanol–water partition coefficient (Wildman–Crippen LogP) is 4.23. The number of hydrogen-bond acceptors (Lipinski definition) is 1. The fourth-order valence-corrected chi connectivity index (χ4v) is 3.52. The molecule has 1 saturated heterocycles. The minimum absolute atomic E-state index is 0.533. The summed E-state index contributed by atoms with van der Waals surface area (Å²) in [6.07, 6.45) is 6.75. The Bertz CT molecular complexity index is 198. The summed E-state index contributed by atoms with van der Waals surface area (Å²) in [4.78, 5) is 0. The minimum Gasteiger partial charge on any atom is -0.313 e. The predicted molar refractivity (Wildman–Crippen MR) is 72.7 cm³/mol. The standard InChI is InChI=1S/C15H31N/c1-6-8-13(7-2)14-12(3)11-15(4,5)9-10-16-14/h12-14,16H,6-11H2,1-5H3. The van der Waals surface area contributed by atoms with Crippen molar-refractivity contribution in [3.05, 3.63) is 0 Å². The van der Waals surface area contributed by atoms with E-state index < -0.39 is 0 Å². The molecule has 0 amide bonds. The second kappa shape index (κ2) is 6.05. The van der Waals surface area contributed by atoms with Crippen molar-refractivity contribution in [2.24, 2.45) is 17.3 Å². The summed E-state index contributed by atoms with van der Waals surface area (Å²) in [5, 5.41) is 3.82. The molecule has 1 rings (SSSR count). The van der Waals surface area contributed by atoms with Gasteiger partial charge in [0.15, 0.2) is 0 Å². The van der Waals surface area contributed by atoms with Crippen molar-refractivity contribution in [1.82, 2.24) is 5.32 Å². The van der Waals surface area contributed by atoms with Gasteiger partial charge in [0.2, 0.25) is 0 Å². The van der Waals surface area contributed by atoms with Crippen molar-refractivity contribution >= 4 is 0 Å². The molecule has 0 saturated carbocycles. The summed E-state index contributed by atoms with van der Waals surface area (Å²) >= 11 is 0. The van der Waals surface area contributed by atoms with Crippen LogP contribution in [0.1, 0.15) is 66.7 Å². The Morgan fingerprint density at radius 2 is 2.00 bits per heavy atom. The Kier molecular flexibility index (Phi) is 5.30. The van der Waals surface area contributed by atoms with E-state index in [0.717, 1.165) is 17.9 Å². The fraction of sp³-hybridized carbons (Fsp3) is 1.00. The average Bonchev–Trinajstić information content (AvgIpc) is 2.33. The van der Waals surface area contributed by atoms with Gasteiger partial charge in [-0.2, -0.15) is 0 Å². The first-order chi connectivity index (χ1) is 7.50. The number of hydrogen-bond donors (Lipinski definition) is 1. The highest BCUT2D eigenvalue weighted by Gasteiger charge is 2.32. The summed E-state index contributed by atoms with van der Waals surface area (Å²) < 4.78 is 0. The van der Waals surface area contributed by atoms with E-state index in [1.807, 2.05) is 0 Å². The summed E-state index contributed by atoms with van der Waals surface area (Å²) in [6, 6.07) is 0.756. The highest BCUT2D eigenvalue weighted by Crippen LogP contribution is 2.35. The molecule has 96 valence electrons. The van der Waals surface area contributed by atoms with Gasteiger partial charge in [-0.25, -0.2) is 0 Å². The zero-order valence-electron chi connectivity index (χ0n) is 12.0. The van der Waals surface area contributed by atoms with Gasteiger partial charge in [-0.1, -0.05) is 47.5 Å². The van der Waals surface area contributed by atoms with Crippen LogP contribution in [0.2, 0.25) is 0 Å². The second-order valence-corrected chi connectivity index (χ2v) is 6.53. The lowest BCUT2D eigenvalue weighted by Gasteiger charge is -2.32. The van der Waals surface area contributed by atoms with Crippen molar-refractivity contribution in [2.75, 3.05) is 6.54 Å². The van der Waals surface area contributed by atoms with E-state index in [-0.39, 0.29) is 0 Å². The Labute approximate surface area is 102 Å². The third-order valence-electron chi connectivity index (χ3n) is 4.36. The molecule has 1 aliphatic rings. The molecule has 1 fully saturated rings. The van der Waals surface area contributed by atoms with Crippen LogP contribution in [0.3, 0.4) is 0 Å². The summed E-state index contributed by atoms with van der Waals surface area (Å²) in [7, 11) is 0. The van der Waals surface area contributed by atoms with Gasteiger partial charge in [-0.05, 0) is 43.1 Å². The quantitative estimate of drug-likeness (QED) is 0.755. The first kappa shape index (κ1) is 14.0. The van der Waals surface area contributed by atoms with Crippen LogP contribution >= 0.6 is 0 Å². The SMILES string of the molecule is CCCC(CC)C1NCCC(C)(C)CC1C. The first-order valence-electron chi connectivity index (χ1n) is 7.23. The monoisotopic (exact) mass is 225 g/mol. The van der Waals surface area contributed by atoms with Gasteiger partial charge in [-0.15, -0.1) is 0 Å². The van der Waals surface area contributed by atoms with Gasteiger partial charge >= 0.3 is 0 Å². The molecular formula is C15H31N. The third-order valence-corrected chi connectivity index (χ3v) is 4.36. The number of nitrogens with one attached hydrogen (secondary N) is 1. The van der Waals surface area contributed by atoms with Crippen molar-refractivity contribution in [1.29, 1.82) is 0 Å². The van der Waals surface area contributed by atoms with Gasteiger partial charge in [0.1, 0.15) is 0 Å². The summed E-state index contributed by atoms with van der Waals surface area (Å²) in [5.41, 5.74) is 0.533. The normalized spacial score (nSPS) is 32.1. The Morgan fingerprint density at radius 3 is 2.56 bits per heavy atom. The van der Waals surface area contributed by atoms with Crippen LogP contribution in [-0.2, 0) is 0 Å². The van der Waals surface area contributed by atoms with E-state index in [4.69, 9.17) is 0 Å². The zero-order chi connectivity index (χ0) is 12.2. The molecule has 1 N–H and O–H groups in total. The maximum Gasteiger partial charge on any atom is 0.0121 e. The summed E-state index contributed by atoms with van der Waals surface area (Å²) in [6.45, 7) is 13.2. The van der Waals surface area contributed by atoms with Crippen LogP contribution in [0, 0.1) is 17.3 Å². The molecule has 1 nitrogen and oxygen atoms in total. The lowest BCUT2D eigenvalue weighted by Crippen LogP contribution is -2.40. The highest BCUT2D eigenvalue weighted by molar-refractivity contribution is 4.88. The van der Waals surface area contributed by atoms with E-state index in [0.29, 0.717) is 5.41 Å². The zero-order valence-corrected chi connectivity index (χ0v) is 12.0. The van der Waals surface area contributed by atoms with E-state index in [2.05, 4.69) is 39.9 Å². The van der Waals surface area contributed by atoms with Crippen LogP contribution in [0.15, 0.2) is 0 Å². The van der Waals surface area contributed by atoms with Crippen molar-refractivity contribution in [3.8, 4) is 0 Å². The molecule has 0 aliphatic carbocycles. The lowest BCUT2D eigenvalue weighted by molar-refractivity contribution is 0.221. The smallest absolute Gasteiger partial charge is 0.0121 e. The first-order valence-corrected chi connectivity index (χ1v) is 7.23. The van der Waals surface area contributed by atoms with E-state index in [9.17, 15) is 0 Å². The van der Waals surface area contributed by atoms with Crippen LogP contribution in [0.5, 0.6) is 0 Å². The Balaban J connectivity index is 2.65. The molecule has 0 spiro atoms. The van der Waals surface area contributed by atoms with Gasteiger partial charge in [0.25, 0.3) is 0 Å². The van der Waals surface area contributed by atoms with Crippen LogP contribution < -0.4 is 5.32 Å². The third kappa shape index (κ3) is 3.76. The second-order valence-electron chi connectivity index (χ2n) is 6.53. The van der Waals surface area contributed by atoms with Gasteiger partial charge in [0.05, 0.1) is 0 Å². The molecule has 0 aromatic heterocycles. The number of rotatable bonds is 4. The molecule has 0 bridgehead atoms. The molecule has 1 heteroatoms. The molecule has 1 aliphatic heterocycles. The van der Waals surface area contributed by atoms with E-state index >= 15 is 0 Å². The molecule has 0 radical (unpaired) electrons. The topological polar surface area (TPSA) is 12.0 Å². The van der Waals surface area contributed by atoms with Crippen molar-refractivity contribution < 1.29 is 0 Å². The maximum atomic E-state index is 3.82.